The molecule has 3 amide bonds. The van der Waals surface area contributed by atoms with Crippen LogP contribution in [0.3, 0.4) is 0 Å². The highest BCUT2D eigenvalue weighted by atomic mass is 32.1. The van der Waals surface area contributed by atoms with E-state index in [1.807, 2.05) is 30.3 Å². The number of anilines is 2. The second-order valence-corrected chi connectivity index (χ2v) is 8.11. The highest BCUT2D eigenvalue weighted by Crippen LogP contribution is 2.38. The van der Waals surface area contributed by atoms with Gasteiger partial charge in [0.15, 0.2) is 0 Å². The fourth-order valence-corrected chi connectivity index (χ4v) is 5.17. The number of carbonyl (C=O) groups is 3. The third kappa shape index (κ3) is 3.35. The van der Waals surface area contributed by atoms with Crippen molar-refractivity contribution in [3.8, 4) is 0 Å². The summed E-state index contributed by atoms with van der Waals surface area (Å²) in [5, 5.41) is 3.42. The summed E-state index contributed by atoms with van der Waals surface area (Å²) in [4.78, 5) is 39.9. The van der Waals surface area contributed by atoms with Crippen LogP contribution in [0.1, 0.15) is 40.1 Å². The minimum Gasteiger partial charge on any atom is -0.365 e. The molecule has 1 aromatic carbocycles. The van der Waals surface area contributed by atoms with Crippen LogP contribution in [0.25, 0.3) is 0 Å². The molecule has 7 heteroatoms. The summed E-state index contributed by atoms with van der Waals surface area (Å²) < 4.78 is 0. The smallest absolute Gasteiger partial charge is 0.251 e. The first-order valence-electron chi connectivity index (χ1n) is 9.15. The lowest BCUT2D eigenvalue weighted by atomic mass is 9.95. The van der Waals surface area contributed by atoms with Gasteiger partial charge in [-0.2, -0.15) is 0 Å². The number of nitrogens with one attached hydrogen (secondary N) is 1. The third-order valence-corrected chi connectivity index (χ3v) is 6.43. The Balaban J connectivity index is 1.53. The monoisotopic (exact) mass is 383 g/mol. The van der Waals surface area contributed by atoms with E-state index in [0.29, 0.717) is 17.1 Å². The van der Waals surface area contributed by atoms with Crippen LogP contribution in [0.15, 0.2) is 30.3 Å². The standard InChI is InChI=1S/C20H21N3O3S/c21-18(25)17-14-8-4-5-9-15(14)27-20(17)22-19(26)12-10-16(24)23(11-12)13-6-2-1-3-7-13/h1-3,6-7,12H,4-5,8-11H2,(H2,21,25)(H,22,26)/t12-/m1/s1. The molecule has 27 heavy (non-hydrogen) atoms. The summed E-state index contributed by atoms with van der Waals surface area (Å²) >= 11 is 1.44. The van der Waals surface area contributed by atoms with Gasteiger partial charge in [-0.25, -0.2) is 0 Å². The van der Waals surface area contributed by atoms with Crippen molar-refractivity contribution >= 4 is 39.7 Å². The van der Waals surface area contributed by atoms with Crippen LogP contribution in [0.2, 0.25) is 0 Å². The molecule has 2 heterocycles. The van der Waals surface area contributed by atoms with Gasteiger partial charge < -0.3 is 16.0 Å². The molecule has 1 aliphatic heterocycles. The number of carbonyl (C=O) groups excluding carboxylic acids is 3. The van der Waals surface area contributed by atoms with Gasteiger partial charge >= 0.3 is 0 Å². The first-order valence-corrected chi connectivity index (χ1v) is 9.97. The van der Waals surface area contributed by atoms with Crippen molar-refractivity contribution in [2.45, 2.75) is 32.1 Å². The second kappa shape index (κ2) is 7.15. The van der Waals surface area contributed by atoms with E-state index in [9.17, 15) is 14.4 Å². The van der Waals surface area contributed by atoms with E-state index in [1.54, 1.807) is 4.90 Å². The average molecular weight is 383 g/mol. The average Bonchev–Trinajstić information content (AvgIpc) is 3.22. The molecule has 2 aliphatic rings. The number of hydrogen-bond acceptors (Lipinski definition) is 4. The van der Waals surface area contributed by atoms with E-state index in [1.165, 1.54) is 11.3 Å². The zero-order valence-corrected chi connectivity index (χ0v) is 15.7. The molecule has 3 N–H and O–H groups in total. The van der Waals surface area contributed by atoms with Gasteiger partial charge in [0, 0.05) is 23.5 Å². The number of nitrogens with zero attached hydrogens (tertiary/aromatic N) is 1. The Labute approximate surface area is 161 Å². The van der Waals surface area contributed by atoms with Crippen molar-refractivity contribution in [2.75, 3.05) is 16.8 Å². The highest BCUT2D eigenvalue weighted by molar-refractivity contribution is 7.17. The number of amides is 3. The Morgan fingerprint density at radius 2 is 1.89 bits per heavy atom. The number of aryl methyl sites for hydroxylation is 1. The molecule has 4 rings (SSSR count). The quantitative estimate of drug-likeness (QED) is 0.850. The number of primary amides is 1. The maximum Gasteiger partial charge on any atom is 0.251 e. The van der Waals surface area contributed by atoms with Gasteiger partial charge in [-0.15, -0.1) is 11.3 Å². The molecule has 1 aliphatic carbocycles. The van der Waals surface area contributed by atoms with Crippen molar-refractivity contribution in [1.82, 2.24) is 0 Å². The summed E-state index contributed by atoms with van der Waals surface area (Å²) in [6.07, 6.45) is 4.02. The molecule has 6 nitrogen and oxygen atoms in total. The van der Waals surface area contributed by atoms with Gasteiger partial charge in [0.2, 0.25) is 11.8 Å². The molecule has 140 valence electrons. The van der Waals surface area contributed by atoms with Gasteiger partial charge in [-0.1, -0.05) is 18.2 Å². The Bertz CT molecular complexity index is 907. The summed E-state index contributed by atoms with van der Waals surface area (Å²) in [5.74, 6) is -1.25. The van der Waals surface area contributed by atoms with E-state index in [2.05, 4.69) is 5.32 Å². The van der Waals surface area contributed by atoms with E-state index in [0.717, 1.165) is 41.8 Å². The zero-order valence-electron chi connectivity index (χ0n) is 14.9. The molecule has 1 atom stereocenters. The van der Waals surface area contributed by atoms with Crippen molar-refractivity contribution in [3.63, 3.8) is 0 Å². The van der Waals surface area contributed by atoms with Crippen LogP contribution in [-0.2, 0) is 22.4 Å². The topological polar surface area (TPSA) is 92.5 Å². The van der Waals surface area contributed by atoms with E-state index < -0.39 is 11.8 Å². The van der Waals surface area contributed by atoms with Gasteiger partial charge in [-0.05, 0) is 43.4 Å². The molecular weight excluding hydrogens is 362 g/mol. The zero-order chi connectivity index (χ0) is 19.0. The molecule has 2 aromatic rings. The molecular formula is C20H21N3O3S. The Kier molecular flexibility index (Phi) is 4.70. The van der Waals surface area contributed by atoms with E-state index in [-0.39, 0.29) is 18.2 Å². The van der Waals surface area contributed by atoms with Crippen molar-refractivity contribution in [3.05, 3.63) is 46.3 Å². The number of benzene rings is 1. The van der Waals surface area contributed by atoms with Crippen LogP contribution in [0.4, 0.5) is 10.7 Å². The lowest BCUT2D eigenvalue weighted by molar-refractivity contribution is -0.122. The van der Waals surface area contributed by atoms with E-state index in [4.69, 9.17) is 5.73 Å². The summed E-state index contributed by atoms with van der Waals surface area (Å²) in [6.45, 7) is 0.339. The number of para-hydroxylation sites is 1. The Hall–Kier alpha value is -2.67. The van der Waals surface area contributed by atoms with Crippen molar-refractivity contribution in [2.24, 2.45) is 11.7 Å². The Morgan fingerprint density at radius 3 is 2.63 bits per heavy atom. The fraction of sp³-hybridized carbons (Fsp3) is 0.350. The number of fused-ring (bicyclic) bond motifs is 1. The summed E-state index contributed by atoms with van der Waals surface area (Å²) in [6, 6.07) is 9.34. The molecule has 0 bridgehead atoms. The maximum absolute atomic E-state index is 12.8. The normalized spacial score (nSPS) is 19.0. The summed E-state index contributed by atoms with van der Waals surface area (Å²) in [7, 11) is 0. The molecule has 0 radical (unpaired) electrons. The molecule has 0 unspecified atom stereocenters. The molecule has 1 fully saturated rings. The molecule has 0 saturated carbocycles. The number of hydrogen-bond donors (Lipinski definition) is 2. The van der Waals surface area contributed by atoms with Crippen LogP contribution >= 0.6 is 11.3 Å². The largest absolute Gasteiger partial charge is 0.365 e. The maximum atomic E-state index is 12.8. The lowest BCUT2D eigenvalue weighted by Crippen LogP contribution is -2.28. The van der Waals surface area contributed by atoms with Crippen LogP contribution < -0.4 is 16.0 Å². The number of rotatable bonds is 4. The van der Waals surface area contributed by atoms with Crippen molar-refractivity contribution < 1.29 is 14.4 Å². The van der Waals surface area contributed by atoms with Crippen molar-refractivity contribution in [1.29, 1.82) is 0 Å². The van der Waals surface area contributed by atoms with E-state index >= 15 is 0 Å². The lowest BCUT2D eigenvalue weighted by Gasteiger charge is -2.16. The predicted molar refractivity (Wildman–Crippen MR) is 105 cm³/mol. The third-order valence-electron chi connectivity index (χ3n) is 5.22. The number of thiophene rings is 1. The van der Waals surface area contributed by atoms with Gasteiger partial charge in [0.1, 0.15) is 5.00 Å². The first kappa shape index (κ1) is 17.7. The van der Waals surface area contributed by atoms with Crippen LogP contribution in [-0.4, -0.2) is 24.3 Å². The minimum absolute atomic E-state index is 0.0676. The number of nitrogens with two attached hydrogens (primary N) is 1. The summed E-state index contributed by atoms with van der Waals surface area (Å²) in [5.41, 5.74) is 7.82. The minimum atomic E-state index is -0.502. The molecule has 0 spiro atoms. The van der Waals surface area contributed by atoms with Gasteiger partial charge in [-0.3, -0.25) is 14.4 Å². The highest BCUT2D eigenvalue weighted by Gasteiger charge is 2.36. The van der Waals surface area contributed by atoms with Crippen LogP contribution in [0.5, 0.6) is 0 Å². The molecule has 1 saturated heterocycles. The van der Waals surface area contributed by atoms with Gasteiger partial charge in [0.25, 0.3) is 5.91 Å². The fourth-order valence-electron chi connectivity index (χ4n) is 3.87. The second-order valence-electron chi connectivity index (χ2n) is 7.01. The van der Waals surface area contributed by atoms with Gasteiger partial charge in [0.05, 0.1) is 11.5 Å². The molecule has 1 aromatic heterocycles. The first-order chi connectivity index (χ1) is 13.0. The van der Waals surface area contributed by atoms with Crippen LogP contribution in [0, 0.1) is 5.92 Å². The SMILES string of the molecule is NC(=O)c1c(NC(=O)[C@@H]2CC(=O)N(c3ccccc3)C2)sc2c1CCCC2. The Morgan fingerprint density at radius 1 is 1.15 bits per heavy atom. The predicted octanol–water partition coefficient (Wildman–Crippen LogP) is 2.72.